The maximum Gasteiger partial charge on any atom is 0.261 e. The normalized spacial score (nSPS) is 20.9. The fourth-order valence-corrected chi connectivity index (χ4v) is 5.66. The van der Waals surface area contributed by atoms with Gasteiger partial charge in [-0.1, -0.05) is 42.4 Å². The highest BCUT2D eigenvalue weighted by atomic mass is 32.1. The smallest absolute Gasteiger partial charge is 0.261 e. The van der Waals surface area contributed by atoms with E-state index in [1.807, 2.05) is 19.1 Å². The third kappa shape index (κ3) is 3.63. The summed E-state index contributed by atoms with van der Waals surface area (Å²) in [7, 11) is 0. The van der Waals surface area contributed by atoms with E-state index in [0.29, 0.717) is 16.3 Å². The van der Waals surface area contributed by atoms with Crippen molar-refractivity contribution in [1.82, 2.24) is 9.88 Å². The number of benzene rings is 2. The van der Waals surface area contributed by atoms with Crippen molar-refractivity contribution in [2.75, 3.05) is 11.9 Å². The number of aromatic nitrogens is 1. The summed E-state index contributed by atoms with van der Waals surface area (Å²) in [5, 5.41) is 3.59. The lowest BCUT2D eigenvalue weighted by Gasteiger charge is -2.32. The van der Waals surface area contributed by atoms with Crippen molar-refractivity contribution in [3.05, 3.63) is 59.2 Å². The van der Waals surface area contributed by atoms with Crippen LogP contribution in [0.1, 0.15) is 52.0 Å². The van der Waals surface area contributed by atoms with Gasteiger partial charge in [-0.2, -0.15) is 0 Å². The van der Waals surface area contributed by atoms with E-state index in [9.17, 15) is 14.4 Å². The van der Waals surface area contributed by atoms with Crippen molar-refractivity contribution in [1.29, 1.82) is 0 Å². The van der Waals surface area contributed by atoms with Gasteiger partial charge < -0.3 is 5.32 Å². The summed E-state index contributed by atoms with van der Waals surface area (Å²) < 4.78 is 1.04. The summed E-state index contributed by atoms with van der Waals surface area (Å²) in [4.78, 5) is 44.5. The van der Waals surface area contributed by atoms with Crippen LogP contribution in [0, 0.1) is 18.8 Å². The molecular weight excluding hydrogens is 410 g/mol. The first-order chi connectivity index (χ1) is 15.0. The van der Waals surface area contributed by atoms with Gasteiger partial charge in [-0.25, -0.2) is 4.98 Å². The molecule has 158 valence electrons. The Hall–Kier alpha value is -3.06. The number of nitrogens with one attached hydrogen (secondary N) is 1. The maximum atomic E-state index is 13.1. The van der Waals surface area contributed by atoms with E-state index in [1.54, 1.807) is 24.3 Å². The summed E-state index contributed by atoms with van der Waals surface area (Å²) in [6, 6.07) is 12.9. The summed E-state index contributed by atoms with van der Waals surface area (Å²) >= 11 is 1.47. The molecule has 2 heterocycles. The molecule has 1 aliphatic heterocycles. The Morgan fingerprint density at radius 2 is 1.81 bits per heavy atom. The average Bonchev–Trinajstić information content (AvgIpc) is 3.27. The summed E-state index contributed by atoms with van der Waals surface area (Å²) in [5.41, 5.74) is 2.93. The Morgan fingerprint density at radius 3 is 2.55 bits per heavy atom. The lowest BCUT2D eigenvalue weighted by atomic mass is 9.78. The van der Waals surface area contributed by atoms with Crippen molar-refractivity contribution in [2.24, 2.45) is 11.8 Å². The van der Waals surface area contributed by atoms with Gasteiger partial charge in [0.2, 0.25) is 5.91 Å². The molecule has 1 aliphatic carbocycles. The minimum atomic E-state index is -0.258. The van der Waals surface area contributed by atoms with E-state index < -0.39 is 0 Å². The van der Waals surface area contributed by atoms with E-state index in [0.717, 1.165) is 41.5 Å². The second kappa shape index (κ2) is 7.89. The summed E-state index contributed by atoms with van der Waals surface area (Å²) in [5.74, 6) is -0.879. The fourth-order valence-electron chi connectivity index (χ4n) is 4.69. The quantitative estimate of drug-likeness (QED) is 0.608. The second-order valence-electron chi connectivity index (χ2n) is 8.40. The van der Waals surface area contributed by atoms with Crippen LogP contribution in [0.5, 0.6) is 0 Å². The molecule has 2 atom stereocenters. The first kappa shape index (κ1) is 19.9. The van der Waals surface area contributed by atoms with Crippen LogP contribution in [0.15, 0.2) is 42.5 Å². The van der Waals surface area contributed by atoms with E-state index in [4.69, 9.17) is 0 Å². The number of rotatable bonds is 4. The Balaban J connectivity index is 1.33. The second-order valence-corrected chi connectivity index (χ2v) is 9.43. The topological polar surface area (TPSA) is 79.4 Å². The third-order valence-corrected chi connectivity index (χ3v) is 7.25. The van der Waals surface area contributed by atoms with E-state index in [-0.39, 0.29) is 36.1 Å². The number of hydrogen-bond donors (Lipinski definition) is 1. The van der Waals surface area contributed by atoms with Crippen molar-refractivity contribution < 1.29 is 14.4 Å². The van der Waals surface area contributed by atoms with Crippen LogP contribution in [0.2, 0.25) is 0 Å². The van der Waals surface area contributed by atoms with E-state index >= 15 is 0 Å². The maximum absolute atomic E-state index is 13.1. The number of amides is 3. The molecule has 2 unspecified atom stereocenters. The van der Waals surface area contributed by atoms with Gasteiger partial charge in [0.25, 0.3) is 11.8 Å². The number of aryl methyl sites for hydroxylation is 1. The SMILES string of the molecule is Cc1ccc2nc(NC(=O)C3CCCCC3CN3C(=O)c4ccccc4C3=O)sc2c1. The minimum absolute atomic E-state index is 0.0485. The number of fused-ring (bicyclic) bond motifs is 2. The van der Waals surface area contributed by atoms with Gasteiger partial charge in [0.05, 0.1) is 21.3 Å². The molecule has 5 rings (SSSR count). The first-order valence-corrected chi connectivity index (χ1v) is 11.5. The number of thiazole rings is 1. The van der Waals surface area contributed by atoms with E-state index in [1.165, 1.54) is 16.2 Å². The molecule has 0 saturated heterocycles. The highest BCUT2D eigenvalue weighted by molar-refractivity contribution is 7.22. The standard InChI is InChI=1S/C24H23N3O3S/c1-14-10-11-19-20(12-14)31-24(25-19)26-21(28)16-7-3-2-6-15(16)13-27-22(29)17-8-4-5-9-18(17)23(27)30/h4-5,8-12,15-16H,2-3,6-7,13H2,1H3,(H,25,26,28). The third-order valence-electron chi connectivity index (χ3n) is 6.32. The fraction of sp³-hybridized carbons (Fsp3) is 0.333. The predicted octanol–water partition coefficient (Wildman–Crippen LogP) is 4.65. The molecule has 1 aromatic heterocycles. The van der Waals surface area contributed by atoms with Gasteiger partial charge in [0.15, 0.2) is 5.13 Å². The zero-order chi connectivity index (χ0) is 21.5. The highest BCUT2D eigenvalue weighted by Gasteiger charge is 2.40. The monoisotopic (exact) mass is 433 g/mol. The van der Waals surface area contributed by atoms with Crippen LogP contribution in [0.25, 0.3) is 10.2 Å². The summed E-state index contributed by atoms with van der Waals surface area (Å²) in [6.07, 6.45) is 3.54. The molecule has 31 heavy (non-hydrogen) atoms. The Labute approximate surface area is 184 Å². The van der Waals surface area contributed by atoms with Crippen LogP contribution in [-0.4, -0.2) is 34.2 Å². The van der Waals surface area contributed by atoms with Gasteiger partial charge in [0.1, 0.15) is 0 Å². The predicted molar refractivity (Wildman–Crippen MR) is 120 cm³/mol. The number of carbonyl (C=O) groups is 3. The first-order valence-electron chi connectivity index (χ1n) is 10.6. The molecule has 1 N–H and O–H groups in total. The molecule has 7 heteroatoms. The molecule has 1 fully saturated rings. The van der Waals surface area contributed by atoms with Crippen molar-refractivity contribution in [2.45, 2.75) is 32.6 Å². The van der Waals surface area contributed by atoms with Gasteiger partial charge in [-0.3, -0.25) is 19.3 Å². The number of imide groups is 1. The molecule has 6 nitrogen and oxygen atoms in total. The minimum Gasteiger partial charge on any atom is -0.302 e. The molecule has 1 saturated carbocycles. The molecule has 2 aliphatic rings. The Morgan fingerprint density at radius 1 is 1.10 bits per heavy atom. The lowest BCUT2D eigenvalue weighted by Crippen LogP contribution is -2.41. The van der Waals surface area contributed by atoms with Crippen molar-refractivity contribution in [3.63, 3.8) is 0 Å². The van der Waals surface area contributed by atoms with E-state index in [2.05, 4.69) is 16.4 Å². The Bertz CT molecular complexity index is 1170. The van der Waals surface area contributed by atoms with Gasteiger partial charge in [-0.05, 0) is 55.5 Å². The number of nitrogens with zero attached hydrogens (tertiary/aromatic N) is 2. The largest absolute Gasteiger partial charge is 0.302 e. The van der Waals surface area contributed by atoms with Crippen molar-refractivity contribution in [3.8, 4) is 0 Å². The highest BCUT2D eigenvalue weighted by Crippen LogP contribution is 2.35. The molecule has 0 bridgehead atoms. The molecule has 3 aromatic rings. The molecular formula is C24H23N3O3S. The number of carbonyl (C=O) groups excluding carboxylic acids is 3. The molecule has 2 aromatic carbocycles. The van der Waals surface area contributed by atoms with Crippen LogP contribution in [-0.2, 0) is 4.79 Å². The van der Waals surface area contributed by atoms with Gasteiger partial charge in [0, 0.05) is 12.5 Å². The van der Waals surface area contributed by atoms with Gasteiger partial charge in [-0.15, -0.1) is 0 Å². The zero-order valence-corrected chi connectivity index (χ0v) is 18.1. The van der Waals surface area contributed by atoms with Crippen LogP contribution >= 0.6 is 11.3 Å². The summed E-state index contributed by atoms with van der Waals surface area (Å²) in [6.45, 7) is 2.31. The number of hydrogen-bond acceptors (Lipinski definition) is 5. The van der Waals surface area contributed by atoms with Crippen LogP contribution in [0.4, 0.5) is 5.13 Å². The van der Waals surface area contributed by atoms with Gasteiger partial charge >= 0.3 is 0 Å². The average molecular weight is 434 g/mol. The molecule has 0 radical (unpaired) electrons. The lowest BCUT2D eigenvalue weighted by molar-refractivity contribution is -0.122. The van der Waals surface area contributed by atoms with Crippen LogP contribution < -0.4 is 5.32 Å². The molecule has 0 spiro atoms. The van der Waals surface area contributed by atoms with Crippen LogP contribution in [0.3, 0.4) is 0 Å². The van der Waals surface area contributed by atoms with Crippen molar-refractivity contribution >= 4 is 44.4 Å². The zero-order valence-electron chi connectivity index (χ0n) is 17.3. The number of anilines is 1. The molecule has 3 amide bonds. The Kier molecular flexibility index (Phi) is 5.06.